The second-order valence-electron chi connectivity index (χ2n) is 2.76. The van der Waals surface area contributed by atoms with Crippen LogP contribution in [0.4, 0.5) is 0 Å². The lowest BCUT2D eigenvalue weighted by Gasteiger charge is -1.84. The summed E-state index contributed by atoms with van der Waals surface area (Å²) in [6.45, 7) is 0. The van der Waals surface area contributed by atoms with Gasteiger partial charge in [0.1, 0.15) is 17.4 Å². The smallest absolute Gasteiger partial charge is 0.172 e. The number of hydrogen-bond donors (Lipinski definition) is 0. The third-order valence-corrected chi connectivity index (χ3v) is 1.98. The molecule has 1 aromatic carbocycles. The van der Waals surface area contributed by atoms with E-state index in [1.807, 2.05) is 24.3 Å². The number of furan rings is 1. The van der Waals surface area contributed by atoms with Crippen LogP contribution in [0, 0.1) is 0 Å². The van der Waals surface area contributed by atoms with Gasteiger partial charge in [0.2, 0.25) is 0 Å². The predicted octanol–water partition coefficient (Wildman–Crippen LogP) is 2.38. The normalized spacial score (nSPS) is 12.2. The first kappa shape index (κ1) is 5.70. The van der Waals surface area contributed by atoms with Crippen molar-refractivity contribution >= 4 is 22.1 Å². The summed E-state index contributed by atoms with van der Waals surface area (Å²) in [5, 5.41) is 0.929. The van der Waals surface area contributed by atoms with Gasteiger partial charge >= 0.3 is 0 Å². The second-order valence-corrected chi connectivity index (χ2v) is 2.76. The van der Waals surface area contributed by atoms with E-state index < -0.39 is 0 Å². The van der Waals surface area contributed by atoms with Crippen molar-refractivity contribution in [2.75, 3.05) is 0 Å². The molecule has 2 aromatic heterocycles. The van der Waals surface area contributed by atoms with Crippen LogP contribution in [0.3, 0.4) is 0 Å². The minimum Gasteiger partial charge on any atom is -0.453 e. The Bertz CT molecular complexity index is 618. The van der Waals surface area contributed by atoms with Gasteiger partial charge in [-0.15, -0.1) is 0 Å². The number of nitrogens with zero attached hydrogens (tertiary/aromatic N) is 2. The quantitative estimate of drug-likeness (QED) is 0.521. The van der Waals surface area contributed by atoms with E-state index in [0.29, 0.717) is 11.1 Å². The van der Waals surface area contributed by atoms with Crippen molar-refractivity contribution in [2.45, 2.75) is 0 Å². The summed E-state index contributed by atoms with van der Waals surface area (Å²) in [7, 11) is 0. The third kappa shape index (κ3) is 0.839. The highest BCUT2D eigenvalue weighted by Crippen LogP contribution is 2.25. The Labute approximate surface area is 75.4 Å². The van der Waals surface area contributed by atoms with Gasteiger partial charge in [0, 0.05) is 5.39 Å². The van der Waals surface area contributed by atoms with Gasteiger partial charge in [-0.3, -0.25) is 0 Å². The van der Waals surface area contributed by atoms with Gasteiger partial charge in [0.15, 0.2) is 5.58 Å². The fourth-order valence-electron chi connectivity index (χ4n) is 1.41. The highest BCUT2D eigenvalue weighted by molar-refractivity contribution is 6.01. The molecule has 2 heterocycles. The Morgan fingerprint density at radius 3 is 3.15 bits per heavy atom. The number of rotatable bonds is 0. The van der Waals surface area contributed by atoms with Crippen LogP contribution in [0.25, 0.3) is 22.1 Å². The van der Waals surface area contributed by atoms with Gasteiger partial charge in [0.05, 0.1) is 7.54 Å². The molecule has 0 spiro atoms. The average molecular weight is 171 g/mol. The SMILES string of the molecule is [2H]c1ncnc2c1oc1ccccc12. The van der Waals surface area contributed by atoms with Gasteiger partial charge < -0.3 is 4.42 Å². The molecule has 62 valence electrons. The van der Waals surface area contributed by atoms with Crippen LogP contribution in [0.15, 0.2) is 41.2 Å². The zero-order valence-electron chi connectivity index (χ0n) is 7.69. The lowest BCUT2D eigenvalue weighted by atomic mass is 10.2. The molecule has 0 radical (unpaired) electrons. The van der Waals surface area contributed by atoms with E-state index in [2.05, 4.69) is 9.97 Å². The largest absolute Gasteiger partial charge is 0.453 e. The first-order valence-corrected chi connectivity index (χ1v) is 3.95. The molecule has 3 nitrogen and oxygen atoms in total. The van der Waals surface area contributed by atoms with Crippen molar-refractivity contribution < 1.29 is 5.79 Å². The molecule has 0 amide bonds. The summed E-state index contributed by atoms with van der Waals surface area (Å²) in [5.74, 6) is 0. The topological polar surface area (TPSA) is 38.9 Å². The Balaban J connectivity index is 2.63. The van der Waals surface area contributed by atoms with Crippen LogP contribution in [0.5, 0.6) is 0 Å². The summed E-state index contributed by atoms with van der Waals surface area (Å²) in [4.78, 5) is 7.87. The summed E-state index contributed by atoms with van der Waals surface area (Å²) < 4.78 is 13.0. The van der Waals surface area contributed by atoms with Crippen molar-refractivity contribution in [1.29, 1.82) is 0 Å². The van der Waals surface area contributed by atoms with Gasteiger partial charge in [-0.1, -0.05) is 12.1 Å². The maximum Gasteiger partial charge on any atom is 0.172 e. The first-order chi connectivity index (χ1) is 6.86. The van der Waals surface area contributed by atoms with Gasteiger partial charge in [-0.05, 0) is 12.1 Å². The molecular weight excluding hydrogens is 164 g/mol. The average Bonchev–Trinajstić information content (AvgIpc) is 2.59. The minimum absolute atomic E-state index is 0.131. The number of benzene rings is 1. The summed E-state index contributed by atoms with van der Waals surface area (Å²) in [6, 6.07) is 7.59. The molecule has 3 rings (SSSR count). The predicted molar refractivity (Wildman–Crippen MR) is 49.3 cm³/mol. The molecular formula is C10H6N2O. The molecule has 0 atom stereocenters. The van der Waals surface area contributed by atoms with Crippen LogP contribution in [-0.4, -0.2) is 9.97 Å². The standard InChI is InChI=1S/C10H6N2O/c1-2-4-8-7(3-1)10-9(13-8)5-11-6-12-10/h1-6H/i5D. The summed E-state index contributed by atoms with van der Waals surface area (Å²) in [6.07, 6.45) is 1.51. The van der Waals surface area contributed by atoms with Gasteiger partial charge in [0.25, 0.3) is 0 Å². The minimum atomic E-state index is 0.131. The number of fused-ring (bicyclic) bond motifs is 3. The second kappa shape index (κ2) is 2.29. The molecule has 0 saturated carbocycles. The van der Waals surface area contributed by atoms with E-state index in [1.54, 1.807) is 0 Å². The molecule has 0 aliphatic rings. The molecule has 0 saturated heterocycles. The molecule has 0 bridgehead atoms. The fourth-order valence-corrected chi connectivity index (χ4v) is 1.41. The van der Waals surface area contributed by atoms with Crippen LogP contribution in [0.2, 0.25) is 0 Å². The number of hydrogen-bond acceptors (Lipinski definition) is 3. The molecule has 3 aromatic rings. The lowest BCUT2D eigenvalue weighted by Crippen LogP contribution is -1.74. The Hall–Kier alpha value is -1.90. The van der Waals surface area contributed by atoms with Crippen LogP contribution in [-0.2, 0) is 0 Å². The third-order valence-electron chi connectivity index (χ3n) is 1.98. The Kier molecular flexibility index (Phi) is 1.00. The maximum absolute atomic E-state index is 7.55. The molecule has 0 unspecified atom stereocenters. The van der Waals surface area contributed by atoms with E-state index in [-0.39, 0.29) is 6.17 Å². The summed E-state index contributed by atoms with van der Waals surface area (Å²) in [5.41, 5.74) is 1.91. The van der Waals surface area contributed by atoms with Crippen LogP contribution in [0.1, 0.15) is 1.37 Å². The maximum atomic E-state index is 7.55. The van der Waals surface area contributed by atoms with Gasteiger partial charge in [-0.2, -0.15) is 0 Å². The van der Waals surface area contributed by atoms with E-state index in [9.17, 15) is 0 Å². The van der Waals surface area contributed by atoms with Crippen molar-refractivity contribution in [1.82, 2.24) is 9.97 Å². The van der Waals surface area contributed by atoms with E-state index in [0.717, 1.165) is 11.0 Å². The van der Waals surface area contributed by atoms with Crippen LogP contribution >= 0.6 is 0 Å². The monoisotopic (exact) mass is 171 g/mol. The lowest BCUT2D eigenvalue weighted by molar-refractivity contribution is 0.665. The van der Waals surface area contributed by atoms with E-state index >= 15 is 0 Å². The number of para-hydroxylation sites is 1. The van der Waals surface area contributed by atoms with Crippen molar-refractivity contribution in [3.63, 3.8) is 0 Å². The molecule has 0 aliphatic heterocycles. The van der Waals surface area contributed by atoms with Crippen molar-refractivity contribution in [3.8, 4) is 0 Å². The molecule has 0 fully saturated rings. The first-order valence-electron chi connectivity index (χ1n) is 4.45. The highest BCUT2D eigenvalue weighted by atomic mass is 16.3. The molecule has 3 heteroatoms. The number of aromatic nitrogens is 2. The molecule has 0 aliphatic carbocycles. The van der Waals surface area contributed by atoms with E-state index in [1.165, 1.54) is 6.33 Å². The van der Waals surface area contributed by atoms with Crippen molar-refractivity contribution in [2.24, 2.45) is 0 Å². The zero-order chi connectivity index (χ0) is 9.54. The fraction of sp³-hybridized carbons (Fsp3) is 0. The Morgan fingerprint density at radius 2 is 2.15 bits per heavy atom. The molecule has 0 N–H and O–H groups in total. The van der Waals surface area contributed by atoms with Crippen LogP contribution < -0.4 is 0 Å². The Morgan fingerprint density at radius 1 is 1.23 bits per heavy atom. The highest BCUT2D eigenvalue weighted by Gasteiger charge is 2.05. The van der Waals surface area contributed by atoms with Crippen molar-refractivity contribution in [3.05, 3.63) is 36.8 Å². The molecule has 13 heavy (non-hydrogen) atoms. The zero-order valence-corrected chi connectivity index (χ0v) is 6.69. The summed E-state index contributed by atoms with van der Waals surface area (Å²) >= 11 is 0. The van der Waals surface area contributed by atoms with Gasteiger partial charge in [-0.25, -0.2) is 9.97 Å². The van der Waals surface area contributed by atoms with E-state index in [4.69, 9.17) is 5.79 Å².